The fourth-order valence-electron chi connectivity index (χ4n) is 1.26. The van der Waals surface area contributed by atoms with E-state index in [1.165, 1.54) is 6.08 Å². The molecule has 1 heterocycles. The second-order valence-corrected chi connectivity index (χ2v) is 3.29. The summed E-state index contributed by atoms with van der Waals surface area (Å²) in [5.74, 6) is 0. The molecule has 4 N–H and O–H groups in total. The molecule has 5 heteroatoms. The van der Waals surface area contributed by atoms with E-state index in [-0.39, 0.29) is 0 Å². The number of H-pyrrole nitrogens is 1. The van der Waals surface area contributed by atoms with E-state index >= 15 is 0 Å². The number of rotatable bonds is 4. The highest BCUT2D eigenvalue weighted by atomic mass is 32.1. The molecule has 0 aliphatic heterocycles. The van der Waals surface area contributed by atoms with Crippen molar-refractivity contribution in [3.05, 3.63) is 28.5 Å². The van der Waals surface area contributed by atoms with E-state index in [1.807, 2.05) is 13.0 Å². The van der Waals surface area contributed by atoms with Crippen LogP contribution in [0.15, 0.2) is 18.3 Å². The number of anilines is 1. The monoisotopic (exact) mass is 223 g/mol. The van der Waals surface area contributed by atoms with Crippen molar-refractivity contribution in [3.8, 4) is 0 Å². The molecule has 0 aromatic carbocycles. The SMILES string of the molecule is CCNc1cc[nH]c(=S)c1/C(N)=C/C=O. The molecule has 0 bridgehead atoms. The van der Waals surface area contributed by atoms with Gasteiger partial charge in [-0.2, -0.15) is 0 Å². The van der Waals surface area contributed by atoms with Gasteiger partial charge in [0.15, 0.2) is 0 Å². The van der Waals surface area contributed by atoms with Gasteiger partial charge in [0.2, 0.25) is 0 Å². The number of hydrogen-bond acceptors (Lipinski definition) is 4. The number of allylic oxidation sites excluding steroid dienone is 1. The molecule has 15 heavy (non-hydrogen) atoms. The number of nitrogens with two attached hydrogens (primary N) is 1. The molecule has 1 aromatic rings. The van der Waals surface area contributed by atoms with E-state index in [1.54, 1.807) is 6.20 Å². The van der Waals surface area contributed by atoms with E-state index in [2.05, 4.69) is 10.3 Å². The van der Waals surface area contributed by atoms with Crippen LogP contribution in [0.2, 0.25) is 0 Å². The molecule has 0 amide bonds. The van der Waals surface area contributed by atoms with Gasteiger partial charge in [-0.05, 0) is 13.0 Å². The van der Waals surface area contributed by atoms with Gasteiger partial charge in [0.1, 0.15) is 10.9 Å². The first-order valence-corrected chi connectivity index (χ1v) is 4.98. The van der Waals surface area contributed by atoms with E-state index < -0.39 is 0 Å². The molecule has 0 radical (unpaired) electrons. The number of aldehydes is 1. The molecule has 1 aromatic heterocycles. The van der Waals surface area contributed by atoms with Crippen LogP contribution >= 0.6 is 12.2 Å². The van der Waals surface area contributed by atoms with Crippen molar-refractivity contribution >= 4 is 29.9 Å². The Morgan fingerprint density at radius 3 is 3.07 bits per heavy atom. The van der Waals surface area contributed by atoms with Crippen molar-refractivity contribution in [2.75, 3.05) is 11.9 Å². The van der Waals surface area contributed by atoms with Crippen LogP contribution in [0.5, 0.6) is 0 Å². The van der Waals surface area contributed by atoms with Gasteiger partial charge < -0.3 is 16.0 Å². The van der Waals surface area contributed by atoms with E-state index in [9.17, 15) is 4.79 Å². The highest BCUT2D eigenvalue weighted by molar-refractivity contribution is 7.71. The smallest absolute Gasteiger partial charge is 0.144 e. The van der Waals surface area contributed by atoms with Gasteiger partial charge in [-0.3, -0.25) is 4.79 Å². The molecule has 0 spiro atoms. The summed E-state index contributed by atoms with van der Waals surface area (Å²) in [6, 6.07) is 1.83. The van der Waals surface area contributed by atoms with Crippen LogP contribution in [0, 0.1) is 4.64 Å². The predicted molar refractivity (Wildman–Crippen MR) is 64.0 cm³/mol. The molecule has 4 nitrogen and oxygen atoms in total. The summed E-state index contributed by atoms with van der Waals surface area (Å²) >= 11 is 5.11. The number of aromatic amines is 1. The maximum absolute atomic E-state index is 10.3. The summed E-state index contributed by atoms with van der Waals surface area (Å²) in [6.45, 7) is 2.74. The largest absolute Gasteiger partial charge is 0.398 e. The second kappa shape index (κ2) is 5.31. The molecular weight excluding hydrogens is 210 g/mol. The lowest BCUT2D eigenvalue weighted by atomic mass is 10.1. The van der Waals surface area contributed by atoms with Crippen LogP contribution in [-0.2, 0) is 4.79 Å². The van der Waals surface area contributed by atoms with Crippen LogP contribution in [0.3, 0.4) is 0 Å². The fourth-order valence-corrected chi connectivity index (χ4v) is 1.56. The third-order valence-corrected chi connectivity index (χ3v) is 2.19. The third kappa shape index (κ3) is 2.66. The van der Waals surface area contributed by atoms with Gasteiger partial charge in [-0.15, -0.1) is 0 Å². The standard InChI is InChI=1S/C10H13N3OS/c1-2-12-8-3-5-13-10(15)9(8)7(11)4-6-14/h3-6H,2,11H2,1H3,(H2,12,13,15)/b7-4-. The zero-order valence-electron chi connectivity index (χ0n) is 8.41. The average molecular weight is 223 g/mol. The number of carbonyl (C=O) groups excluding carboxylic acids is 1. The minimum atomic E-state index is 0.364. The lowest BCUT2D eigenvalue weighted by Crippen LogP contribution is -2.06. The maximum atomic E-state index is 10.3. The summed E-state index contributed by atoms with van der Waals surface area (Å²) in [4.78, 5) is 13.2. The first-order valence-electron chi connectivity index (χ1n) is 4.57. The summed E-state index contributed by atoms with van der Waals surface area (Å²) in [5.41, 5.74) is 7.60. The molecule has 0 aliphatic carbocycles. The van der Waals surface area contributed by atoms with Crippen LogP contribution in [-0.4, -0.2) is 17.8 Å². The maximum Gasteiger partial charge on any atom is 0.144 e. The molecule has 0 saturated heterocycles. The summed E-state index contributed by atoms with van der Waals surface area (Å²) < 4.78 is 0.518. The zero-order chi connectivity index (χ0) is 11.3. The molecule has 80 valence electrons. The first kappa shape index (κ1) is 11.5. The number of hydrogen-bond donors (Lipinski definition) is 3. The first-order chi connectivity index (χ1) is 7.20. The number of nitrogens with one attached hydrogen (secondary N) is 2. The summed E-state index contributed by atoms with van der Waals surface area (Å²) in [5, 5.41) is 3.13. The Balaban J connectivity index is 3.30. The molecule has 0 atom stereocenters. The lowest BCUT2D eigenvalue weighted by Gasteiger charge is -2.10. The second-order valence-electron chi connectivity index (χ2n) is 2.88. The number of aromatic nitrogens is 1. The minimum Gasteiger partial charge on any atom is -0.398 e. The predicted octanol–water partition coefficient (Wildman–Crippen LogP) is 1.67. The van der Waals surface area contributed by atoms with Crippen molar-refractivity contribution in [1.29, 1.82) is 0 Å². The van der Waals surface area contributed by atoms with Gasteiger partial charge in [-0.25, -0.2) is 0 Å². The van der Waals surface area contributed by atoms with Crippen molar-refractivity contribution in [1.82, 2.24) is 4.98 Å². The quantitative estimate of drug-likeness (QED) is 0.412. The van der Waals surface area contributed by atoms with E-state index in [4.69, 9.17) is 18.0 Å². The lowest BCUT2D eigenvalue weighted by molar-refractivity contribution is -0.104. The highest BCUT2D eigenvalue weighted by Gasteiger charge is 2.05. The van der Waals surface area contributed by atoms with Gasteiger partial charge in [0, 0.05) is 30.2 Å². The van der Waals surface area contributed by atoms with Crippen molar-refractivity contribution in [3.63, 3.8) is 0 Å². The topological polar surface area (TPSA) is 70.9 Å². The zero-order valence-corrected chi connectivity index (χ0v) is 9.23. The summed E-state index contributed by atoms with van der Waals surface area (Å²) in [7, 11) is 0. The van der Waals surface area contributed by atoms with Crippen LogP contribution in [0.25, 0.3) is 5.70 Å². The van der Waals surface area contributed by atoms with Gasteiger partial charge in [-0.1, -0.05) is 12.2 Å². The Morgan fingerprint density at radius 2 is 2.47 bits per heavy atom. The Labute approximate surface area is 93.2 Å². The molecule has 1 rings (SSSR count). The van der Waals surface area contributed by atoms with Crippen LogP contribution < -0.4 is 11.1 Å². The Hall–Kier alpha value is -1.62. The Morgan fingerprint density at radius 1 is 1.73 bits per heavy atom. The summed E-state index contributed by atoms with van der Waals surface area (Å²) in [6.07, 6.45) is 3.67. The van der Waals surface area contributed by atoms with Gasteiger partial charge >= 0.3 is 0 Å². The molecular formula is C10H13N3OS. The minimum absolute atomic E-state index is 0.364. The Kier molecular flexibility index (Phi) is 4.05. The average Bonchev–Trinajstić information content (AvgIpc) is 2.18. The van der Waals surface area contributed by atoms with Crippen LogP contribution in [0.4, 0.5) is 5.69 Å². The normalized spacial score (nSPS) is 11.1. The van der Waals surface area contributed by atoms with Crippen LogP contribution in [0.1, 0.15) is 12.5 Å². The van der Waals surface area contributed by atoms with Crippen molar-refractivity contribution in [2.45, 2.75) is 6.92 Å². The number of carbonyl (C=O) groups is 1. The highest BCUT2D eigenvalue weighted by Crippen LogP contribution is 2.20. The molecule has 0 fully saturated rings. The van der Waals surface area contributed by atoms with Crippen molar-refractivity contribution in [2.24, 2.45) is 5.73 Å². The van der Waals surface area contributed by atoms with E-state index in [0.29, 0.717) is 22.2 Å². The Bertz CT molecular complexity index is 437. The molecule has 0 unspecified atom stereocenters. The van der Waals surface area contributed by atoms with Gasteiger partial charge in [0.25, 0.3) is 0 Å². The fraction of sp³-hybridized carbons (Fsp3) is 0.200. The van der Waals surface area contributed by atoms with E-state index in [0.717, 1.165) is 12.2 Å². The number of pyridine rings is 1. The molecule has 0 saturated carbocycles. The molecule has 0 aliphatic rings. The van der Waals surface area contributed by atoms with Crippen molar-refractivity contribution < 1.29 is 4.79 Å². The van der Waals surface area contributed by atoms with Gasteiger partial charge in [0.05, 0.1) is 5.56 Å². The third-order valence-electron chi connectivity index (χ3n) is 1.86.